The molecule has 4 N–H and O–H groups in total. The fraction of sp³-hybridized carbons (Fsp3) is 0.379. The van der Waals surface area contributed by atoms with E-state index < -0.39 is 6.04 Å². The second-order valence-corrected chi connectivity index (χ2v) is 8.51. The number of amides is 2. The van der Waals surface area contributed by atoms with E-state index >= 15 is 0 Å². The minimum absolute atomic E-state index is 0.202. The Bertz CT molecular complexity index is 1190. The lowest BCUT2D eigenvalue weighted by molar-refractivity contribution is -0.135. The van der Waals surface area contributed by atoms with Crippen LogP contribution in [0.2, 0.25) is 0 Å². The summed E-state index contributed by atoms with van der Waals surface area (Å²) >= 11 is 0. The van der Waals surface area contributed by atoms with Crippen LogP contribution in [0.1, 0.15) is 44.2 Å². The first kappa shape index (κ1) is 29.9. The molecule has 0 saturated heterocycles. The SMILES string of the molecule is C#Cc1ccc(Nc2ncc(C#CCCCNC(=O)[C@H](C)N(C)C(=O)/C=C/CNC)c(NCCC)n2)cc1. The summed E-state index contributed by atoms with van der Waals surface area (Å²) in [5.41, 5.74) is 2.34. The number of carbonyl (C=O) groups is 2. The molecular weight excluding hydrogens is 478 g/mol. The monoisotopic (exact) mass is 515 g/mol. The highest BCUT2D eigenvalue weighted by molar-refractivity contribution is 5.92. The number of hydrogen-bond donors (Lipinski definition) is 4. The predicted molar refractivity (Wildman–Crippen MR) is 153 cm³/mol. The standard InChI is InChI=1S/C29H37N7O2/c1-6-18-31-27-24(21-33-29(35-27)34-25-16-14-23(7-2)15-17-25)12-9-8-10-20-32-28(38)22(3)36(5)26(37)13-11-19-30-4/h2,11,13-17,21-22,30H,6,8,10,18-20H2,1,3-5H3,(H,32,38)(H2,31,33,34,35)/b13-11+/t22-/m0/s1. The number of terminal acetylenes is 1. The highest BCUT2D eigenvalue weighted by atomic mass is 16.2. The zero-order chi connectivity index (χ0) is 27.8. The number of carbonyl (C=O) groups excluding carboxylic acids is 2. The molecule has 2 aromatic rings. The van der Waals surface area contributed by atoms with E-state index in [0.29, 0.717) is 43.3 Å². The van der Waals surface area contributed by atoms with E-state index in [0.717, 1.165) is 24.2 Å². The summed E-state index contributed by atoms with van der Waals surface area (Å²) in [4.78, 5) is 34.9. The molecule has 200 valence electrons. The van der Waals surface area contributed by atoms with Crippen molar-refractivity contribution in [3.63, 3.8) is 0 Å². The molecule has 0 unspecified atom stereocenters. The molecule has 1 heterocycles. The normalized spacial score (nSPS) is 11.1. The lowest BCUT2D eigenvalue weighted by Crippen LogP contribution is -2.45. The van der Waals surface area contributed by atoms with Crippen LogP contribution in [0, 0.1) is 24.2 Å². The van der Waals surface area contributed by atoms with Gasteiger partial charge in [0.2, 0.25) is 17.8 Å². The molecule has 1 aromatic heterocycles. The van der Waals surface area contributed by atoms with E-state index in [1.165, 1.54) is 11.0 Å². The van der Waals surface area contributed by atoms with Gasteiger partial charge in [-0.15, -0.1) is 6.42 Å². The van der Waals surface area contributed by atoms with Gasteiger partial charge in [-0.05, 0) is 51.1 Å². The van der Waals surface area contributed by atoms with E-state index in [1.807, 2.05) is 24.3 Å². The largest absolute Gasteiger partial charge is 0.369 e. The number of benzene rings is 1. The molecule has 0 bridgehead atoms. The maximum Gasteiger partial charge on any atom is 0.246 e. The van der Waals surface area contributed by atoms with Gasteiger partial charge in [-0.1, -0.05) is 30.8 Å². The lowest BCUT2D eigenvalue weighted by atomic mass is 10.2. The van der Waals surface area contributed by atoms with Gasteiger partial charge in [0, 0.05) is 50.4 Å². The van der Waals surface area contributed by atoms with Gasteiger partial charge < -0.3 is 26.2 Å². The van der Waals surface area contributed by atoms with Crippen molar-refractivity contribution in [1.29, 1.82) is 0 Å². The van der Waals surface area contributed by atoms with Gasteiger partial charge in [0.15, 0.2) is 0 Å². The Kier molecular flexibility index (Phi) is 12.9. The third-order valence-electron chi connectivity index (χ3n) is 5.53. The predicted octanol–water partition coefficient (Wildman–Crippen LogP) is 2.89. The fourth-order valence-electron chi connectivity index (χ4n) is 3.15. The molecule has 2 amide bonds. The molecule has 0 fully saturated rings. The summed E-state index contributed by atoms with van der Waals surface area (Å²) in [6, 6.07) is 6.89. The average Bonchev–Trinajstić information content (AvgIpc) is 2.93. The molecule has 2 rings (SSSR count). The average molecular weight is 516 g/mol. The summed E-state index contributed by atoms with van der Waals surface area (Å²) in [6.45, 7) is 5.60. The number of nitrogens with zero attached hydrogens (tertiary/aromatic N) is 3. The molecule has 1 atom stereocenters. The first-order valence-electron chi connectivity index (χ1n) is 12.7. The molecule has 9 heteroatoms. The number of likely N-dealkylation sites (N-methyl/N-ethyl adjacent to an activating group) is 2. The number of rotatable bonds is 13. The summed E-state index contributed by atoms with van der Waals surface area (Å²) in [5.74, 6) is 9.56. The van der Waals surface area contributed by atoms with Crippen molar-refractivity contribution in [3.8, 4) is 24.2 Å². The van der Waals surface area contributed by atoms with Gasteiger partial charge in [0.05, 0.1) is 11.8 Å². The smallest absolute Gasteiger partial charge is 0.246 e. The highest BCUT2D eigenvalue weighted by Crippen LogP contribution is 2.18. The molecule has 0 saturated carbocycles. The molecule has 38 heavy (non-hydrogen) atoms. The Morgan fingerprint density at radius 3 is 2.66 bits per heavy atom. The van der Waals surface area contributed by atoms with Gasteiger partial charge in [-0.2, -0.15) is 4.98 Å². The first-order valence-corrected chi connectivity index (χ1v) is 12.7. The third kappa shape index (κ3) is 9.96. The zero-order valence-electron chi connectivity index (χ0n) is 22.6. The van der Waals surface area contributed by atoms with Gasteiger partial charge in [-0.25, -0.2) is 4.98 Å². The summed E-state index contributed by atoms with van der Waals surface area (Å²) in [7, 11) is 3.41. The number of hydrogen-bond acceptors (Lipinski definition) is 7. The minimum atomic E-state index is -0.570. The van der Waals surface area contributed by atoms with Crippen LogP contribution in [0.3, 0.4) is 0 Å². The van der Waals surface area contributed by atoms with E-state index in [9.17, 15) is 9.59 Å². The number of aromatic nitrogens is 2. The number of unbranched alkanes of at least 4 members (excludes halogenated alkanes) is 1. The molecule has 0 aliphatic carbocycles. The molecule has 0 aliphatic rings. The molecule has 9 nitrogen and oxygen atoms in total. The maximum absolute atomic E-state index is 12.4. The molecule has 1 aromatic carbocycles. The van der Waals surface area contributed by atoms with Crippen molar-refractivity contribution in [2.24, 2.45) is 0 Å². The number of nitrogens with one attached hydrogen (secondary N) is 4. The van der Waals surface area contributed by atoms with Crippen molar-refractivity contribution in [2.45, 2.75) is 39.2 Å². The first-order chi connectivity index (χ1) is 18.4. The third-order valence-corrected chi connectivity index (χ3v) is 5.53. The van der Waals surface area contributed by atoms with Crippen LogP contribution in [0.4, 0.5) is 17.5 Å². The summed E-state index contributed by atoms with van der Waals surface area (Å²) < 4.78 is 0. The second-order valence-electron chi connectivity index (χ2n) is 8.51. The van der Waals surface area contributed by atoms with Crippen LogP contribution in [-0.2, 0) is 9.59 Å². The summed E-state index contributed by atoms with van der Waals surface area (Å²) in [5, 5.41) is 12.3. The Balaban J connectivity index is 1.89. The Morgan fingerprint density at radius 2 is 1.97 bits per heavy atom. The van der Waals surface area contributed by atoms with Crippen LogP contribution in [0.5, 0.6) is 0 Å². The van der Waals surface area contributed by atoms with Crippen LogP contribution in [0.15, 0.2) is 42.6 Å². The lowest BCUT2D eigenvalue weighted by Gasteiger charge is -2.22. The summed E-state index contributed by atoms with van der Waals surface area (Å²) in [6.07, 6.45) is 12.5. The molecule has 0 radical (unpaired) electrons. The maximum atomic E-state index is 12.4. The van der Waals surface area contributed by atoms with E-state index in [2.05, 4.69) is 55.9 Å². The van der Waals surface area contributed by atoms with E-state index in [1.54, 1.807) is 33.3 Å². The van der Waals surface area contributed by atoms with Gasteiger partial charge in [-0.3, -0.25) is 9.59 Å². The Morgan fingerprint density at radius 1 is 1.21 bits per heavy atom. The minimum Gasteiger partial charge on any atom is -0.369 e. The highest BCUT2D eigenvalue weighted by Gasteiger charge is 2.20. The van der Waals surface area contributed by atoms with Gasteiger partial charge >= 0.3 is 0 Å². The van der Waals surface area contributed by atoms with Crippen LogP contribution < -0.4 is 21.3 Å². The Labute approximate surface area is 225 Å². The fourth-order valence-corrected chi connectivity index (χ4v) is 3.15. The van der Waals surface area contributed by atoms with Crippen LogP contribution in [0.25, 0.3) is 0 Å². The Hall–Kier alpha value is -4.34. The van der Waals surface area contributed by atoms with Crippen molar-refractivity contribution in [3.05, 3.63) is 53.7 Å². The van der Waals surface area contributed by atoms with Crippen molar-refractivity contribution < 1.29 is 9.59 Å². The second kappa shape index (κ2) is 16.4. The van der Waals surface area contributed by atoms with Gasteiger partial charge in [0.25, 0.3) is 0 Å². The van der Waals surface area contributed by atoms with Gasteiger partial charge in [0.1, 0.15) is 11.9 Å². The van der Waals surface area contributed by atoms with Crippen molar-refractivity contribution >= 4 is 29.3 Å². The van der Waals surface area contributed by atoms with Crippen molar-refractivity contribution in [2.75, 3.05) is 44.4 Å². The topological polar surface area (TPSA) is 111 Å². The molecule has 0 spiro atoms. The van der Waals surface area contributed by atoms with Crippen LogP contribution in [-0.4, -0.2) is 66.5 Å². The molecule has 0 aliphatic heterocycles. The molecular formula is C29H37N7O2. The zero-order valence-corrected chi connectivity index (χ0v) is 22.6. The van der Waals surface area contributed by atoms with E-state index in [4.69, 9.17) is 6.42 Å². The quantitative estimate of drug-likeness (QED) is 0.184. The van der Waals surface area contributed by atoms with E-state index in [-0.39, 0.29) is 11.8 Å². The van der Waals surface area contributed by atoms with Crippen LogP contribution >= 0.6 is 0 Å². The van der Waals surface area contributed by atoms with Crippen molar-refractivity contribution in [1.82, 2.24) is 25.5 Å². The number of anilines is 3.